The molecule has 2 aliphatic rings. The number of carbonyl (C=O) groups is 2. The lowest BCUT2D eigenvalue weighted by Crippen LogP contribution is -2.36. The van der Waals surface area contributed by atoms with Gasteiger partial charge in [-0.1, -0.05) is 12.1 Å². The Morgan fingerprint density at radius 1 is 1.19 bits per heavy atom. The van der Waals surface area contributed by atoms with Gasteiger partial charge in [0, 0.05) is 39.0 Å². The topological polar surface area (TPSA) is 87.7 Å². The Kier molecular flexibility index (Phi) is 6.06. The van der Waals surface area contributed by atoms with E-state index in [-0.39, 0.29) is 17.9 Å². The fourth-order valence-electron chi connectivity index (χ4n) is 4.41. The third-order valence-electron chi connectivity index (χ3n) is 6.15. The number of amides is 2. The number of nitrogens with zero attached hydrogens (tertiary/aromatic N) is 4. The van der Waals surface area contributed by atoms with Crippen molar-refractivity contribution in [3.05, 3.63) is 46.9 Å². The minimum atomic E-state index is -0.117. The van der Waals surface area contributed by atoms with Crippen molar-refractivity contribution in [1.82, 2.24) is 19.8 Å². The number of benzene rings is 1. The standard InChI is InChI=1S/C23H29N5O3/c1-15(29)27-12-10-19-18(14-27)22(24-2)26-23(25-19)20-5-4-11-28(20)21(30)13-16-6-8-17(31-3)9-7-16/h6-9,20H,4-5,10-14H2,1-3H3,(H,24,25,26)/t20-/m1/s1. The van der Waals surface area contributed by atoms with Crippen LogP contribution in [0.3, 0.4) is 0 Å². The lowest BCUT2D eigenvalue weighted by molar-refractivity contribution is -0.132. The predicted octanol–water partition coefficient (Wildman–Crippen LogP) is 2.34. The van der Waals surface area contributed by atoms with Crippen LogP contribution in [0.4, 0.5) is 5.82 Å². The van der Waals surface area contributed by atoms with Gasteiger partial charge in [0.2, 0.25) is 11.8 Å². The number of hydrogen-bond acceptors (Lipinski definition) is 6. The monoisotopic (exact) mass is 423 g/mol. The molecule has 0 radical (unpaired) electrons. The van der Waals surface area contributed by atoms with Crippen LogP contribution >= 0.6 is 0 Å². The van der Waals surface area contributed by atoms with E-state index in [9.17, 15) is 9.59 Å². The van der Waals surface area contributed by atoms with Gasteiger partial charge in [0.05, 0.1) is 31.8 Å². The Hall–Kier alpha value is -3.16. The van der Waals surface area contributed by atoms with Crippen molar-refractivity contribution in [3.8, 4) is 5.75 Å². The summed E-state index contributed by atoms with van der Waals surface area (Å²) in [5.41, 5.74) is 2.91. The first-order chi connectivity index (χ1) is 15.0. The fraction of sp³-hybridized carbons (Fsp3) is 0.478. The summed E-state index contributed by atoms with van der Waals surface area (Å²) in [7, 11) is 3.46. The van der Waals surface area contributed by atoms with Gasteiger partial charge in [-0.15, -0.1) is 0 Å². The molecule has 1 fully saturated rings. The van der Waals surface area contributed by atoms with Crippen molar-refractivity contribution in [2.75, 3.05) is 32.6 Å². The highest BCUT2D eigenvalue weighted by atomic mass is 16.5. The molecule has 2 aromatic rings. The van der Waals surface area contributed by atoms with Gasteiger partial charge in [-0.25, -0.2) is 9.97 Å². The molecule has 1 aromatic carbocycles. The number of aromatic nitrogens is 2. The molecule has 3 heterocycles. The van der Waals surface area contributed by atoms with Crippen molar-refractivity contribution in [3.63, 3.8) is 0 Å². The van der Waals surface area contributed by atoms with Crippen LogP contribution in [-0.2, 0) is 29.0 Å². The molecule has 1 aromatic heterocycles. The lowest BCUT2D eigenvalue weighted by atomic mass is 10.0. The first-order valence-corrected chi connectivity index (χ1v) is 10.8. The molecule has 0 aliphatic carbocycles. The second-order valence-electron chi connectivity index (χ2n) is 8.07. The molecular weight excluding hydrogens is 394 g/mol. The molecule has 4 rings (SSSR count). The number of methoxy groups -OCH3 is 1. The van der Waals surface area contributed by atoms with Crippen LogP contribution in [0.15, 0.2) is 24.3 Å². The Morgan fingerprint density at radius 2 is 1.97 bits per heavy atom. The SMILES string of the molecule is CNc1nc([C@H]2CCCN2C(=O)Cc2ccc(OC)cc2)nc2c1CN(C(C)=O)CC2. The molecule has 1 N–H and O–H groups in total. The Labute approximate surface area is 182 Å². The zero-order valence-electron chi connectivity index (χ0n) is 18.4. The molecule has 0 bridgehead atoms. The van der Waals surface area contributed by atoms with Crippen molar-refractivity contribution in [2.24, 2.45) is 0 Å². The molecule has 31 heavy (non-hydrogen) atoms. The summed E-state index contributed by atoms with van der Waals surface area (Å²) < 4.78 is 5.20. The van der Waals surface area contributed by atoms with Crippen molar-refractivity contribution >= 4 is 17.6 Å². The van der Waals surface area contributed by atoms with Crippen molar-refractivity contribution < 1.29 is 14.3 Å². The molecule has 2 aliphatic heterocycles. The minimum Gasteiger partial charge on any atom is -0.497 e. The van der Waals surface area contributed by atoms with E-state index in [1.165, 1.54) is 0 Å². The lowest BCUT2D eigenvalue weighted by Gasteiger charge is -2.30. The number of ether oxygens (including phenoxy) is 1. The molecule has 8 heteroatoms. The summed E-state index contributed by atoms with van der Waals surface area (Å²) in [6.45, 7) is 3.48. The number of anilines is 1. The smallest absolute Gasteiger partial charge is 0.227 e. The molecule has 2 amide bonds. The average molecular weight is 424 g/mol. The van der Waals surface area contributed by atoms with Gasteiger partial charge < -0.3 is 19.9 Å². The second kappa shape index (κ2) is 8.91. The van der Waals surface area contributed by atoms with E-state index >= 15 is 0 Å². The van der Waals surface area contributed by atoms with Crippen LogP contribution in [-0.4, -0.2) is 58.8 Å². The second-order valence-corrected chi connectivity index (χ2v) is 8.07. The van der Waals surface area contributed by atoms with E-state index in [1.807, 2.05) is 41.1 Å². The van der Waals surface area contributed by atoms with Crippen LogP contribution in [0.25, 0.3) is 0 Å². The van der Waals surface area contributed by atoms with E-state index in [4.69, 9.17) is 14.7 Å². The summed E-state index contributed by atoms with van der Waals surface area (Å²) in [6, 6.07) is 7.49. The maximum Gasteiger partial charge on any atom is 0.227 e. The van der Waals surface area contributed by atoms with Crippen LogP contribution in [0.5, 0.6) is 5.75 Å². The predicted molar refractivity (Wildman–Crippen MR) is 117 cm³/mol. The molecule has 1 atom stereocenters. The summed E-state index contributed by atoms with van der Waals surface area (Å²) in [5, 5.41) is 3.17. The Balaban J connectivity index is 1.55. The maximum atomic E-state index is 13.1. The van der Waals surface area contributed by atoms with Gasteiger partial charge in [-0.3, -0.25) is 9.59 Å². The number of hydrogen-bond donors (Lipinski definition) is 1. The quantitative estimate of drug-likeness (QED) is 0.794. The van der Waals surface area contributed by atoms with E-state index < -0.39 is 0 Å². The fourth-order valence-corrected chi connectivity index (χ4v) is 4.41. The van der Waals surface area contributed by atoms with Gasteiger partial charge >= 0.3 is 0 Å². The normalized spacial score (nSPS) is 18.0. The molecule has 8 nitrogen and oxygen atoms in total. The largest absolute Gasteiger partial charge is 0.497 e. The van der Waals surface area contributed by atoms with E-state index in [0.29, 0.717) is 38.3 Å². The van der Waals surface area contributed by atoms with E-state index in [2.05, 4.69) is 5.32 Å². The molecule has 0 unspecified atom stereocenters. The van der Waals surface area contributed by atoms with Crippen LogP contribution in [0, 0.1) is 0 Å². The van der Waals surface area contributed by atoms with Crippen LogP contribution in [0.2, 0.25) is 0 Å². The highest BCUT2D eigenvalue weighted by molar-refractivity contribution is 5.79. The number of likely N-dealkylation sites (tertiary alicyclic amines) is 1. The maximum absolute atomic E-state index is 13.1. The zero-order chi connectivity index (χ0) is 22.0. The van der Waals surface area contributed by atoms with Crippen molar-refractivity contribution in [1.29, 1.82) is 0 Å². The van der Waals surface area contributed by atoms with Gasteiger partial charge in [-0.05, 0) is 30.5 Å². The van der Waals surface area contributed by atoms with Gasteiger partial charge in [0.1, 0.15) is 11.6 Å². The summed E-state index contributed by atoms with van der Waals surface area (Å²) in [5.74, 6) is 2.37. The first-order valence-electron chi connectivity index (χ1n) is 10.8. The third-order valence-corrected chi connectivity index (χ3v) is 6.15. The average Bonchev–Trinajstić information content (AvgIpc) is 3.28. The molecule has 0 saturated carbocycles. The van der Waals surface area contributed by atoms with E-state index in [1.54, 1.807) is 14.0 Å². The highest BCUT2D eigenvalue weighted by Gasteiger charge is 2.34. The first kappa shape index (κ1) is 21.1. The molecule has 1 saturated heterocycles. The third kappa shape index (κ3) is 4.33. The van der Waals surface area contributed by atoms with Crippen LogP contribution in [0.1, 0.15) is 48.5 Å². The number of nitrogens with one attached hydrogen (secondary N) is 1. The van der Waals surface area contributed by atoms with Crippen LogP contribution < -0.4 is 10.1 Å². The number of fused-ring (bicyclic) bond motifs is 1. The zero-order valence-corrected chi connectivity index (χ0v) is 18.4. The molecular formula is C23H29N5O3. The number of carbonyl (C=O) groups excluding carboxylic acids is 2. The Morgan fingerprint density at radius 3 is 2.65 bits per heavy atom. The van der Waals surface area contributed by atoms with E-state index in [0.717, 1.165) is 41.2 Å². The number of rotatable bonds is 5. The van der Waals surface area contributed by atoms with Gasteiger partial charge in [-0.2, -0.15) is 0 Å². The summed E-state index contributed by atoms with van der Waals surface area (Å²) >= 11 is 0. The van der Waals surface area contributed by atoms with Crippen molar-refractivity contribution in [2.45, 2.75) is 45.2 Å². The van der Waals surface area contributed by atoms with Gasteiger partial charge in [0.25, 0.3) is 0 Å². The molecule has 0 spiro atoms. The minimum absolute atomic E-state index is 0.0582. The Bertz CT molecular complexity index is 959. The molecule has 164 valence electrons. The highest BCUT2D eigenvalue weighted by Crippen LogP contribution is 2.33. The summed E-state index contributed by atoms with van der Waals surface area (Å²) in [4.78, 5) is 38.3. The van der Waals surface area contributed by atoms with Gasteiger partial charge in [0.15, 0.2) is 5.82 Å². The summed E-state index contributed by atoms with van der Waals surface area (Å²) in [6.07, 6.45) is 2.84.